The number of pyridine rings is 1. The van der Waals surface area contributed by atoms with Gasteiger partial charge in [-0.15, -0.1) is 0 Å². The van der Waals surface area contributed by atoms with E-state index in [-0.39, 0.29) is 5.91 Å². The molecule has 1 saturated carbocycles. The fraction of sp³-hybridized carbons (Fsp3) is 0.250. The van der Waals surface area contributed by atoms with Gasteiger partial charge in [-0.3, -0.25) is 9.78 Å². The van der Waals surface area contributed by atoms with Crippen LogP contribution in [0.1, 0.15) is 30.8 Å². The molecule has 2 aromatic heterocycles. The summed E-state index contributed by atoms with van der Waals surface area (Å²) < 4.78 is 5.70. The Morgan fingerprint density at radius 1 is 1.45 bits per heavy atom. The zero-order valence-electron chi connectivity index (χ0n) is 11.2. The molecule has 1 N–H and O–H groups in total. The monoisotopic (exact) mass is 268 g/mol. The van der Waals surface area contributed by atoms with Crippen molar-refractivity contribution in [3.05, 3.63) is 54.3 Å². The van der Waals surface area contributed by atoms with Crippen LogP contribution < -0.4 is 5.32 Å². The topological polar surface area (TPSA) is 55.1 Å². The van der Waals surface area contributed by atoms with Crippen molar-refractivity contribution in [2.24, 2.45) is 5.92 Å². The Labute approximate surface area is 117 Å². The maximum Gasteiger partial charge on any atom is 0.248 e. The van der Waals surface area contributed by atoms with E-state index in [0.29, 0.717) is 23.3 Å². The minimum Gasteiger partial charge on any atom is -0.461 e. The lowest BCUT2D eigenvalue weighted by Gasteiger charge is -1.99. The van der Waals surface area contributed by atoms with Crippen LogP contribution in [0.3, 0.4) is 0 Å². The highest BCUT2D eigenvalue weighted by Gasteiger charge is 2.36. The lowest BCUT2D eigenvalue weighted by Crippen LogP contribution is -2.07. The van der Waals surface area contributed by atoms with Gasteiger partial charge in [-0.25, -0.2) is 0 Å². The zero-order chi connectivity index (χ0) is 13.9. The number of amides is 1. The average Bonchev–Trinajstić information content (AvgIpc) is 3.01. The van der Waals surface area contributed by atoms with Crippen LogP contribution >= 0.6 is 0 Å². The first-order valence-electron chi connectivity index (χ1n) is 6.71. The van der Waals surface area contributed by atoms with Gasteiger partial charge in [0, 0.05) is 18.2 Å². The second-order valence-corrected chi connectivity index (χ2v) is 5.12. The molecule has 1 fully saturated rings. The highest BCUT2D eigenvalue weighted by molar-refractivity contribution is 6.01. The van der Waals surface area contributed by atoms with Crippen LogP contribution in [0.25, 0.3) is 6.08 Å². The number of nitrogens with one attached hydrogen (secondary N) is 1. The van der Waals surface area contributed by atoms with Crippen molar-refractivity contribution in [2.75, 3.05) is 5.32 Å². The Morgan fingerprint density at radius 3 is 3.00 bits per heavy atom. The summed E-state index contributed by atoms with van der Waals surface area (Å²) in [6, 6.07) is 7.45. The van der Waals surface area contributed by atoms with Gasteiger partial charge in [0.25, 0.3) is 0 Å². The molecule has 102 valence electrons. The molecular formula is C16H16N2O2. The molecule has 0 aliphatic heterocycles. The van der Waals surface area contributed by atoms with Crippen LogP contribution in [0.15, 0.2) is 47.2 Å². The highest BCUT2D eigenvalue weighted by atomic mass is 16.3. The van der Waals surface area contributed by atoms with Crippen molar-refractivity contribution in [1.29, 1.82) is 0 Å². The average molecular weight is 268 g/mol. The quantitative estimate of drug-likeness (QED) is 0.864. The minimum absolute atomic E-state index is 0.198. The van der Waals surface area contributed by atoms with Gasteiger partial charge in [-0.05, 0) is 42.7 Å². The number of aromatic nitrogens is 1. The lowest BCUT2D eigenvalue weighted by atomic mass is 10.3. The van der Waals surface area contributed by atoms with Gasteiger partial charge in [0.1, 0.15) is 11.5 Å². The third kappa shape index (κ3) is 2.96. The first-order valence-corrected chi connectivity index (χ1v) is 6.71. The summed E-state index contributed by atoms with van der Waals surface area (Å²) in [5, 5.41) is 2.73. The van der Waals surface area contributed by atoms with Crippen LogP contribution in [0.5, 0.6) is 0 Å². The molecule has 2 atom stereocenters. The molecule has 4 nitrogen and oxygen atoms in total. The normalized spacial score (nSPS) is 21.1. The summed E-state index contributed by atoms with van der Waals surface area (Å²) in [6.07, 6.45) is 7.60. The molecule has 1 aliphatic carbocycles. The standard InChI is InChI=1S/C16H16N2O2/c1-11-9-14(11)15-6-4-13(20-15)5-7-16(19)18-12-3-2-8-17-10-12/h2-8,10-11,14H,9H2,1H3,(H,18,19)/b7-5+. The Balaban J connectivity index is 1.59. The predicted octanol–water partition coefficient (Wildman–Crippen LogP) is 3.45. The van der Waals surface area contributed by atoms with E-state index in [1.54, 1.807) is 30.6 Å². The molecule has 3 rings (SSSR count). The van der Waals surface area contributed by atoms with Crippen molar-refractivity contribution in [3.8, 4) is 0 Å². The number of carbonyl (C=O) groups is 1. The predicted molar refractivity (Wildman–Crippen MR) is 77.1 cm³/mol. The van der Waals surface area contributed by atoms with E-state index in [0.717, 1.165) is 5.76 Å². The van der Waals surface area contributed by atoms with Crippen LogP contribution in [0, 0.1) is 5.92 Å². The van der Waals surface area contributed by atoms with Crippen molar-refractivity contribution in [1.82, 2.24) is 4.98 Å². The minimum atomic E-state index is -0.198. The Morgan fingerprint density at radius 2 is 2.30 bits per heavy atom. The highest BCUT2D eigenvalue weighted by Crippen LogP contribution is 2.47. The molecule has 4 heteroatoms. The number of nitrogens with zero attached hydrogens (tertiary/aromatic N) is 1. The molecule has 0 spiro atoms. The van der Waals surface area contributed by atoms with E-state index < -0.39 is 0 Å². The molecule has 1 amide bonds. The Kier molecular flexibility index (Phi) is 3.37. The third-order valence-corrected chi connectivity index (χ3v) is 3.45. The smallest absolute Gasteiger partial charge is 0.248 e. The van der Waals surface area contributed by atoms with Crippen molar-refractivity contribution < 1.29 is 9.21 Å². The van der Waals surface area contributed by atoms with Crippen LogP contribution in [-0.4, -0.2) is 10.9 Å². The summed E-state index contributed by atoms with van der Waals surface area (Å²) in [5.41, 5.74) is 0.675. The summed E-state index contributed by atoms with van der Waals surface area (Å²) in [7, 11) is 0. The number of hydrogen-bond acceptors (Lipinski definition) is 3. The first-order chi connectivity index (χ1) is 9.72. The fourth-order valence-electron chi connectivity index (χ4n) is 2.15. The zero-order valence-corrected chi connectivity index (χ0v) is 11.2. The second kappa shape index (κ2) is 5.33. The van der Waals surface area contributed by atoms with Gasteiger partial charge >= 0.3 is 0 Å². The van der Waals surface area contributed by atoms with Crippen LogP contribution in [-0.2, 0) is 4.79 Å². The lowest BCUT2D eigenvalue weighted by molar-refractivity contribution is -0.111. The van der Waals surface area contributed by atoms with E-state index in [4.69, 9.17) is 4.42 Å². The molecule has 2 aromatic rings. The number of hydrogen-bond donors (Lipinski definition) is 1. The van der Waals surface area contributed by atoms with Crippen molar-refractivity contribution >= 4 is 17.7 Å². The van der Waals surface area contributed by atoms with Crippen LogP contribution in [0.2, 0.25) is 0 Å². The fourth-order valence-corrected chi connectivity index (χ4v) is 2.15. The van der Waals surface area contributed by atoms with Gasteiger partial charge in [-0.2, -0.15) is 0 Å². The molecule has 20 heavy (non-hydrogen) atoms. The molecule has 1 aliphatic rings. The Hall–Kier alpha value is -2.36. The molecule has 2 heterocycles. The number of anilines is 1. The molecule has 0 aromatic carbocycles. The molecule has 0 bridgehead atoms. The number of carbonyl (C=O) groups excluding carboxylic acids is 1. The van der Waals surface area contributed by atoms with E-state index in [9.17, 15) is 4.79 Å². The summed E-state index contributed by atoms with van der Waals surface area (Å²) >= 11 is 0. The largest absolute Gasteiger partial charge is 0.461 e. The summed E-state index contributed by atoms with van der Waals surface area (Å²) in [4.78, 5) is 15.7. The van der Waals surface area contributed by atoms with Gasteiger partial charge in [0.2, 0.25) is 5.91 Å². The maximum absolute atomic E-state index is 11.7. The van der Waals surface area contributed by atoms with Gasteiger partial charge < -0.3 is 9.73 Å². The number of furan rings is 1. The third-order valence-electron chi connectivity index (χ3n) is 3.45. The maximum atomic E-state index is 11.7. The van der Waals surface area contributed by atoms with Gasteiger partial charge in [0.15, 0.2) is 0 Å². The molecule has 0 radical (unpaired) electrons. The van der Waals surface area contributed by atoms with E-state index >= 15 is 0 Å². The van der Waals surface area contributed by atoms with E-state index in [1.165, 1.54) is 12.5 Å². The van der Waals surface area contributed by atoms with Gasteiger partial charge in [-0.1, -0.05) is 6.92 Å². The summed E-state index contributed by atoms with van der Waals surface area (Å²) in [5.74, 6) is 2.80. The van der Waals surface area contributed by atoms with Gasteiger partial charge in [0.05, 0.1) is 11.9 Å². The molecule has 2 unspecified atom stereocenters. The Bertz CT molecular complexity index is 631. The molecular weight excluding hydrogens is 252 g/mol. The van der Waals surface area contributed by atoms with Crippen molar-refractivity contribution in [2.45, 2.75) is 19.3 Å². The second-order valence-electron chi connectivity index (χ2n) is 5.12. The van der Waals surface area contributed by atoms with Crippen LogP contribution in [0.4, 0.5) is 5.69 Å². The molecule has 0 saturated heterocycles. The van der Waals surface area contributed by atoms with E-state index in [2.05, 4.69) is 17.2 Å². The van der Waals surface area contributed by atoms with E-state index in [1.807, 2.05) is 12.1 Å². The first kappa shape index (κ1) is 12.7. The summed E-state index contributed by atoms with van der Waals surface area (Å²) in [6.45, 7) is 2.21. The SMILES string of the molecule is CC1CC1c1ccc(/C=C/C(=O)Nc2cccnc2)o1. The number of rotatable bonds is 4. The van der Waals surface area contributed by atoms with Crippen molar-refractivity contribution in [3.63, 3.8) is 0 Å².